The minimum Gasteiger partial charge on any atom is -0.236 e. The molecule has 1 aromatic carbocycles. The zero-order valence-corrected chi connectivity index (χ0v) is 13.6. The van der Waals surface area contributed by atoms with Crippen molar-refractivity contribution >= 4 is 10.0 Å². The number of nitrogens with zero attached hydrogens (tertiary/aromatic N) is 2. The normalized spacial score (nSPS) is 17.5. The summed E-state index contributed by atoms with van der Waals surface area (Å²) in [4.78, 5) is 9.07. The third-order valence-electron chi connectivity index (χ3n) is 3.87. The van der Waals surface area contributed by atoms with Crippen LogP contribution in [0.1, 0.15) is 30.1 Å². The SMILES string of the molecule is C=CCS(=O)(=O)NC1CCCc2nc(-c3ccccc3)ncc21. The van der Waals surface area contributed by atoms with Gasteiger partial charge >= 0.3 is 0 Å². The van der Waals surface area contributed by atoms with Gasteiger partial charge in [0.1, 0.15) is 0 Å². The number of fused-ring (bicyclic) bond motifs is 1. The van der Waals surface area contributed by atoms with Crippen LogP contribution in [0.25, 0.3) is 11.4 Å². The first-order valence-electron chi connectivity index (χ1n) is 7.61. The van der Waals surface area contributed by atoms with Gasteiger partial charge in [0.2, 0.25) is 10.0 Å². The van der Waals surface area contributed by atoms with Crippen LogP contribution in [0, 0.1) is 0 Å². The van der Waals surface area contributed by atoms with Gasteiger partial charge in [-0.1, -0.05) is 36.4 Å². The van der Waals surface area contributed by atoms with E-state index < -0.39 is 10.0 Å². The van der Waals surface area contributed by atoms with Gasteiger partial charge in [-0.25, -0.2) is 23.1 Å². The van der Waals surface area contributed by atoms with Crippen molar-refractivity contribution in [3.05, 3.63) is 60.4 Å². The lowest BCUT2D eigenvalue weighted by Crippen LogP contribution is -2.32. The van der Waals surface area contributed by atoms with E-state index in [4.69, 9.17) is 0 Å². The van der Waals surface area contributed by atoms with Crippen LogP contribution in [0.2, 0.25) is 0 Å². The fourth-order valence-electron chi connectivity index (χ4n) is 2.82. The van der Waals surface area contributed by atoms with Crippen LogP contribution in [0.4, 0.5) is 0 Å². The molecule has 1 unspecified atom stereocenters. The monoisotopic (exact) mass is 329 g/mol. The molecule has 5 nitrogen and oxygen atoms in total. The molecule has 0 spiro atoms. The molecule has 0 bridgehead atoms. The molecule has 23 heavy (non-hydrogen) atoms. The number of hydrogen-bond donors (Lipinski definition) is 1. The van der Waals surface area contributed by atoms with Crippen LogP contribution >= 0.6 is 0 Å². The van der Waals surface area contributed by atoms with Gasteiger partial charge in [-0.05, 0) is 19.3 Å². The van der Waals surface area contributed by atoms with Gasteiger partial charge in [0.05, 0.1) is 5.75 Å². The van der Waals surface area contributed by atoms with E-state index in [1.54, 1.807) is 6.20 Å². The molecule has 0 saturated carbocycles. The van der Waals surface area contributed by atoms with E-state index in [1.165, 1.54) is 6.08 Å². The highest BCUT2D eigenvalue weighted by Gasteiger charge is 2.25. The largest absolute Gasteiger partial charge is 0.236 e. The highest BCUT2D eigenvalue weighted by Crippen LogP contribution is 2.30. The predicted octanol–water partition coefficient (Wildman–Crippen LogP) is 2.63. The summed E-state index contributed by atoms with van der Waals surface area (Å²) in [5.41, 5.74) is 2.77. The van der Waals surface area contributed by atoms with E-state index in [1.807, 2.05) is 30.3 Å². The summed E-state index contributed by atoms with van der Waals surface area (Å²) < 4.78 is 26.7. The second-order valence-corrected chi connectivity index (χ2v) is 7.39. The predicted molar refractivity (Wildman–Crippen MR) is 90.3 cm³/mol. The van der Waals surface area contributed by atoms with E-state index in [9.17, 15) is 8.42 Å². The second-order valence-electron chi connectivity index (χ2n) is 5.59. The molecule has 0 radical (unpaired) electrons. The zero-order valence-electron chi connectivity index (χ0n) is 12.8. The van der Waals surface area contributed by atoms with Crippen LogP contribution in [0.3, 0.4) is 0 Å². The van der Waals surface area contributed by atoms with Gasteiger partial charge in [0.15, 0.2) is 5.82 Å². The van der Waals surface area contributed by atoms with Gasteiger partial charge in [-0.15, -0.1) is 6.58 Å². The highest BCUT2D eigenvalue weighted by molar-refractivity contribution is 7.89. The molecule has 1 atom stereocenters. The molecule has 120 valence electrons. The standard InChI is InChI=1S/C17H19N3O2S/c1-2-11-23(21,22)20-16-10-6-9-15-14(16)12-18-17(19-15)13-7-4-3-5-8-13/h2-5,7-8,12,16,20H,1,6,9-11H2. The van der Waals surface area contributed by atoms with Crippen LogP contribution in [0.15, 0.2) is 49.2 Å². The Labute approximate surface area is 136 Å². The third kappa shape index (κ3) is 3.65. The molecule has 0 fully saturated rings. The maximum absolute atomic E-state index is 12.0. The minimum atomic E-state index is -3.36. The quantitative estimate of drug-likeness (QED) is 0.856. The fourth-order valence-corrected chi connectivity index (χ4v) is 3.90. The first-order valence-corrected chi connectivity index (χ1v) is 9.26. The Morgan fingerprint density at radius 2 is 2.09 bits per heavy atom. The van der Waals surface area contributed by atoms with E-state index in [2.05, 4.69) is 21.3 Å². The van der Waals surface area contributed by atoms with E-state index in [-0.39, 0.29) is 11.8 Å². The fraction of sp³-hybridized carbons (Fsp3) is 0.294. The minimum absolute atomic E-state index is 0.0816. The Bertz CT molecular complexity index is 804. The van der Waals surface area contributed by atoms with Crippen molar-refractivity contribution in [2.75, 3.05) is 5.75 Å². The van der Waals surface area contributed by atoms with E-state index >= 15 is 0 Å². The van der Waals surface area contributed by atoms with Gasteiger partial charge < -0.3 is 0 Å². The molecule has 3 rings (SSSR count). The molecule has 1 aliphatic carbocycles. The average molecular weight is 329 g/mol. The van der Waals surface area contributed by atoms with Crippen LogP contribution in [0.5, 0.6) is 0 Å². The average Bonchev–Trinajstić information content (AvgIpc) is 2.55. The lowest BCUT2D eigenvalue weighted by Gasteiger charge is -2.25. The molecular formula is C17H19N3O2S. The number of nitrogens with one attached hydrogen (secondary N) is 1. The summed E-state index contributed by atoms with van der Waals surface area (Å²) in [6, 6.07) is 9.53. The summed E-state index contributed by atoms with van der Waals surface area (Å²) >= 11 is 0. The van der Waals surface area contributed by atoms with Crippen molar-refractivity contribution in [1.29, 1.82) is 0 Å². The van der Waals surface area contributed by atoms with E-state index in [0.717, 1.165) is 36.1 Å². The Kier molecular flexibility index (Phi) is 4.54. The molecular weight excluding hydrogens is 310 g/mol. The van der Waals surface area contributed by atoms with Crippen LogP contribution < -0.4 is 4.72 Å². The number of aryl methyl sites for hydroxylation is 1. The topological polar surface area (TPSA) is 72.0 Å². The van der Waals surface area contributed by atoms with Crippen molar-refractivity contribution in [2.45, 2.75) is 25.3 Å². The van der Waals surface area contributed by atoms with Gasteiger partial charge in [-0.3, -0.25) is 0 Å². The zero-order chi connectivity index (χ0) is 16.3. The summed E-state index contributed by atoms with van der Waals surface area (Å²) in [6.45, 7) is 3.48. The van der Waals surface area contributed by atoms with Crippen LogP contribution in [-0.4, -0.2) is 24.1 Å². The molecule has 1 aromatic heterocycles. The lowest BCUT2D eigenvalue weighted by atomic mass is 9.93. The van der Waals surface area contributed by atoms with Crippen molar-refractivity contribution < 1.29 is 8.42 Å². The highest BCUT2D eigenvalue weighted by atomic mass is 32.2. The van der Waals surface area contributed by atoms with Crippen molar-refractivity contribution in [2.24, 2.45) is 0 Å². The smallest absolute Gasteiger partial charge is 0.215 e. The number of hydrogen-bond acceptors (Lipinski definition) is 4. The summed E-state index contributed by atoms with van der Waals surface area (Å²) in [7, 11) is -3.36. The van der Waals surface area contributed by atoms with Gasteiger partial charge in [0.25, 0.3) is 0 Å². The first kappa shape index (κ1) is 15.8. The Balaban J connectivity index is 1.90. The van der Waals surface area contributed by atoms with Crippen molar-refractivity contribution in [3.63, 3.8) is 0 Å². The molecule has 2 aromatic rings. The lowest BCUT2D eigenvalue weighted by molar-refractivity contribution is 0.501. The molecule has 0 saturated heterocycles. The summed E-state index contributed by atoms with van der Waals surface area (Å²) in [5, 5.41) is 0. The number of sulfonamides is 1. The molecule has 1 heterocycles. The first-order chi connectivity index (χ1) is 11.1. The van der Waals surface area contributed by atoms with Crippen molar-refractivity contribution in [3.8, 4) is 11.4 Å². The number of rotatable bonds is 5. The summed E-state index contributed by atoms with van der Waals surface area (Å²) in [5.74, 6) is 0.598. The Morgan fingerprint density at radius 3 is 2.83 bits per heavy atom. The number of benzene rings is 1. The third-order valence-corrected chi connectivity index (χ3v) is 5.19. The molecule has 0 amide bonds. The molecule has 1 aliphatic rings. The second kappa shape index (κ2) is 6.60. The maximum Gasteiger partial charge on any atom is 0.215 e. The summed E-state index contributed by atoms with van der Waals surface area (Å²) in [6.07, 6.45) is 5.65. The maximum atomic E-state index is 12.0. The number of aromatic nitrogens is 2. The Hall–Kier alpha value is -2.05. The van der Waals surface area contributed by atoms with Gasteiger partial charge in [-0.2, -0.15) is 0 Å². The van der Waals surface area contributed by atoms with Crippen LogP contribution in [-0.2, 0) is 16.4 Å². The van der Waals surface area contributed by atoms with Crippen molar-refractivity contribution in [1.82, 2.24) is 14.7 Å². The molecule has 0 aliphatic heterocycles. The Morgan fingerprint density at radius 1 is 1.30 bits per heavy atom. The molecule has 6 heteroatoms. The van der Waals surface area contributed by atoms with Gasteiger partial charge in [0, 0.05) is 29.1 Å². The van der Waals surface area contributed by atoms with E-state index in [0.29, 0.717) is 5.82 Å². The molecule has 1 N–H and O–H groups in total.